The molecular weight excluding hydrogens is 148 g/mol. The maximum atomic E-state index is 5.45. The second-order valence-corrected chi connectivity index (χ2v) is 4.03. The lowest BCUT2D eigenvalue weighted by Gasteiger charge is -2.27. The van der Waals surface area contributed by atoms with Crippen LogP contribution in [-0.2, 0) is 4.74 Å². The summed E-state index contributed by atoms with van der Waals surface area (Å²) < 4.78 is 5.45. The first-order valence-electron chi connectivity index (χ1n) is 5.42. The van der Waals surface area contributed by atoms with Gasteiger partial charge in [0, 0.05) is 13.2 Å². The average Bonchev–Trinajstić information content (AvgIpc) is 2.15. The molecule has 0 amide bonds. The SMILES string of the molecule is CCOCC(C)C1CCCCC1. The van der Waals surface area contributed by atoms with Gasteiger partial charge in [-0.3, -0.25) is 0 Å². The highest BCUT2D eigenvalue weighted by Crippen LogP contribution is 2.29. The zero-order valence-electron chi connectivity index (χ0n) is 8.51. The number of hydrogen-bond acceptors (Lipinski definition) is 1. The van der Waals surface area contributed by atoms with Crippen molar-refractivity contribution in [3.05, 3.63) is 0 Å². The fraction of sp³-hybridized carbons (Fsp3) is 1.00. The first kappa shape index (κ1) is 10.0. The molecule has 0 saturated heterocycles. The topological polar surface area (TPSA) is 9.23 Å². The zero-order valence-corrected chi connectivity index (χ0v) is 8.51. The van der Waals surface area contributed by atoms with Gasteiger partial charge in [0.25, 0.3) is 0 Å². The Morgan fingerprint density at radius 2 is 1.92 bits per heavy atom. The monoisotopic (exact) mass is 170 g/mol. The van der Waals surface area contributed by atoms with Crippen LogP contribution < -0.4 is 0 Å². The summed E-state index contributed by atoms with van der Waals surface area (Å²) in [6.45, 7) is 6.26. The van der Waals surface area contributed by atoms with Crippen molar-refractivity contribution in [2.75, 3.05) is 13.2 Å². The summed E-state index contributed by atoms with van der Waals surface area (Å²) in [6.07, 6.45) is 7.22. The van der Waals surface area contributed by atoms with Gasteiger partial charge in [0.15, 0.2) is 0 Å². The van der Waals surface area contributed by atoms with Crippen molar-refractivity contribution < 1.29 is 4.74 Å². The Balaban J connectivity index is 2.15. The minimum atomic E-state index is 0.783. The molecule has 0 aromatic carbocycles. The highest BCUT2D eigenvalue weighted by Gasteiger charge is 2.19. The fourth-order valence-electron chi connectivity index (χ4n) is 2.14. The summed E-state index contributed by atoms with van der Waals surface area (Å²) in [5, 5.41) is 0. The van der Waals surface area contributed by atoms with Crippen LogP contribution in [0.2, 0.25) is 0 Å². The minimum absolute atomic E-state index is 0.783. The summed E-state index contributed by atoms with van der Waals surface area (Å²) in [5.74, 6) is 1.73. The number of rotatable bonds is 4. The Morgan fingerprint density at radius 3 is 2.50 bits per heavy atom. The summed E-state index contributed by atoms with van der Waals surface area (Å²) >= 11 is 0. The van der Waals surface area contributed by atoms with E-state index >= 15 is 0 Å². The lowest BCUT2D eigenvalue weighted by molar-refractivity contribution is 0.0829. The molecule has 0 N–H and O–H groups in total. The summed E-state index contributed by atoms with van der Waals surface area (Å²) in [4.78, 5) is 0. The second kappa shape index (κ2) is 5.58. The van der Waals surface area contributed by atoms with Crippen molar-refractivity contribution in [2.45, 2.75) is 46.0 Å². The lowest BCUT2D eigenvalue weighted by Crippen LogP contribution is -2.19. The Bertz CT molecular complexity index is 106. The summed E-state index contributed by atoms with van der Waals surface area (Å²) in [5.41, 5.74) is 0. The third-order valence-corrected chi connectivity index (χ3v) is 3.04. The molecule has 0 heterocycles. The summed E-state index contributed by atoms with van der Waals surface area (Å²) in [7, 11) is 0. The highest BCUT2D eigenvalue weighted by molar-refractivity contribution is 4.70. The molecular formula is C11H22O. The van der Waals surface area contributed by atoms with E-state index in [4.69, 9.17) is 4.74 Å². The second-order valence-electron chi connectivity index (χ2n) is 4.03. The predicted octanol–water partition coefficient (Wildman–Crippen LogP) is 3.24. The predicted molar refractivity (Wildman–Crippen MR) is 52.2 cm³/mol. The van der Waals surface area contributed by atoms with Gasteiger partial charge in [0.1, 0.15) is 0 Å². The molecule has 72 valence electrons. The third kappa shape index (κ3) is 3.14. The van der Waals surface area contributed by atoms with Crippen LogP contribution in [0.25, 0.3) is 0 Å². The largest absolute Gasteiger partial charge is 0.381 e. The van der Waals surface area contributed by atoms with E-state index in [2.05, 4.69) is 13.8 Å². The van der Waals surface area contributed by atoms with Crippen LogP contribution in [-0.4, -0.2) is 13.2 Å². The van der Waals surface area contributed by atoms with Gasteiger partial charge in [-0.2, -0.15) is 0 Å². The average molecular weight is 170 g/mol. The molecule has 0 radical (unpaired) electrons. The van der Waals surface area contributed by atoms with E-state index in [1.165, 1.54) is 32.1 Å². The minimum Gasteiger partial charge on any atom is -0.381 e. The fourth-order valence-corrected chi connectivity index (χ4v) is 2.14. The van der Waals surface area contributed by atoms with Crippen LogP contribution in [0.4, 0.5) is 0 Å². The molecule has 1 rings (SSSR count). The van der Waals surface area contributed by atoms with E-state index in [1.54, 1.807) is 0 Å². The van der Waals surface area contributed by atoms with Crippen LogP contribution in [0.1, 0.15) is 46.0 Å². The molecule has 1 fully saturated rings. The molecule has 1 heteroatoms. The van der Waals surface area contributed by atoms with Gasteiger partial charge in [-0.1, -0.05) is 39.0 Å². The molecule has 1 unspecified atom stereocenters. The van der Waals surface area contributed by atoms with Gasteiger partial charge in [-0.05, 0) is 18.8 Å². The van der Waals surface area contributed by atoms with Gasteiger partial charge < -0.3 is 4.74 Å². The smallest absolute Gasteiger partial charge is 0.0494 e. The van der Waals surface area contributed by atoms with Crippen LogP contribution in [0.5, 0.6) is 0 Å². The molecule has 0 aliphatic heterocycles. The molecule has 1 aliphatic rings. The third-order valence-electron chi connectivity index (χ3n) is 3.04. The van der Waals surface area contributed by atoms with Crippen molar-refractivity contribution in [3.63, 3.8) is 0 Å². The van der Waals surface area contributed by atoms with Crippen molar-refractivity contribution in [1.82, 2.24) is 0 Å². The number of hydrogen-bond donors (Lipinski definition) is 0. The van der Waals surface area contributed by atoms with E-state index < -0.39 is 0 Å². The summed E-state index contributed by atoms with van der Waals surface area (Å²) in [6, 6.07) is 0. The van der Waals surface area contributed by atoms with E-state index in [9.17, 15) is 0 Å². The Hall–Kier alpha value is -0.0400. The zero-order chi connectivity index (χ0) is 8.81. The molecule has 0 aromatic heterocycles. The van der Waals surface area contributed by atoms with Crippen molar-refractivity contribution in [1.29, 1.82) is 0 Å². The lowest BCUT2D eigenvalue weighted by atomic mass is 9.81. The normalized spacial score (nSPS) is 22.5. The maximum Gasteiger partial charge on any atom is 0.0494 e. The molecule has 0 aromatic rings. The molecule has 1 saturated carbocycles. The van der Waals surface area contributed by atoms with Crippen molar-refractivity contribution in [3.8, 4) is 0 Å². The van der Waals surface area contributed by atoms with Crippen LogP contribution in [0, 0.1) is 11.8 Å². The molecule has 0 spiro atoms. The van der Waals surface area contributed by atoms with Crippen LogP contribution >= 0.6 is 0 Å². The van der Waals surface area contributed by atoms with Gasteiger partial charge in [0.2, 0.25) is 0 Å². The van der Waals surface area contributed by atoms with E-state index in [0.717, 1.165) is 25.0 Å². The van der Waals surface area contributed by atoms with Crippen LogP contribution in [0.15, 0.2) is 0 Å². The highest BCUT2D eigenvalue weighted by atomic mass is 16.5. The van der Waals surface area contributed by atoms with E-state index in [0.29, 0.717) is 0 Å². The molecule has 1 atom stereocenters. The Morgan fingerprint density at radius 1 is 1.25 bits per heavy atom. The van der Waals surface area contributed by atoms with Gasteiger partial charge in [-0.15, -0.1) is 0 Å². The molecule has 12 heavy (non-hydrogen) atoms. The van der Waals surface area contributed by atoms with E-state index in [-0.39, 0.29) is 0 Å². The molecule has 1 aliphatic carbocycles. The maximum absolute atomic E-state index is 5.45. The van der Waals surface area contributed by atoms with Gasteiger partial charge in [0.05, 0.1) is 0 Å². The van der Waals surface area contributed by atoms with E-state index in [1.807, 2.05) is 0 Å². The quantitative estimate of drug-likeness (QED) is 0.629. The van der Waals surface area contributed by atoms with Crippen molar-refractivity contribution >= 4 is 0 Å². The number of ether oxygens (including phenoxy) is 1. The van der Waals surface area contributed by atoms with Crippen LogP contribution in [0.3, 0.4) is 0 Å². The van der Waals surface area contributed by atoms with Gasteiger partial charge in [-0.25, -0.2) is 0 Å². The van der Waals surface area contributed by atoms with Gasteiger partial charge >= 0.3 is 0 Å². The first-order chi connectivity index (χ1) is 5.84. The Labute approximate surface area is 76.5 Å². The van der Waals surface area contributed by atoms with Crippen molar-refractivity contribution in [2.24, 2.45) is 11.8 Å². The standard InChI is InChI=1S/C11H22O/c1-3-12-9-10(2)11-7-5-4-6-8-11/h10-11H,3-9H2,1-2H3. The first-order valence-corrected chi connectivity index (χ1v) is 5.42. The Kier molecular flexibility index (Phi) is 4.67. The molecule has 1 nitrogen and oxygen atoms in total. The molecule has 0 bridgehead atoms.